The topological polar surface area (TPSA) is 84.5 Å². The number of carbonyl (C=O) groups is 1. The molecule has 0 spiro atoms. The van der Waals surface area contributed by atoms with E-state index in [1.807, 2.05) is 0 Å². The predicted octanol–water partition coefficient (Wildman–Crippen LogP) is 9.00. The van der Waals surface area contributed by atoms with E-state index in [0.717, 1.165) is 25.2 Å². The van der Waals surface area contributed by atoms with Gasteiger partial charge in [-0.1, -0.05) is 89.3 Å². The summed E-state index contributed by atoms with van der Waals surface area (Å²) in [5, 5.41) is 2.87. The van der Waals surface area contributed by atoms with Crippen molar-refractivity contribution >= 4 is 17.3 Å². The van der Waals surface area contributed by atoms with Crippen LogP contribution in [-0.4, -0.2) is 78.6 Å². The number of halogens is 3. The van der Waals surface area contributed by atoms with Crippen molar-refractivity contribution in [1.29, 1.82) is 0 Å². The van der Waals surface area contributed by atoms with Gasteiger partial charge in [0, 0.05) is 12.3 Å². The van der Waals surface area contributed by atoms with Crippen molar-refractivity contribution in [3.63, 3.8) is 0 Å². The Morgan fingerprint density at radius 2 is 1.06 bits per heavy atom. The van der Waals surface area contributed by atoms with Gasteiger partial charge in [-0.15, -0.1) is 0 Å². The minimum Gasteiger partial charge on any atom is -0.460 e. The number of alkyl halides is 3. The van der Waals surface area contributed by atoms with Crippen molar-refractivity contribution in [2.24, 2.45) is 0 Å². The summed E-state index contributed by atoms with van der Waals surface area (Å²) in [5.41, 5.74) is -0.0409. The second-order valence-electron chi connectivity index (χ2n) is 11.5. The highest BCUT2D eigenvalue weighted by molar-refractivity contribution is 5.96. The first-order chi connectivity index (χ1) is 23.4. The van der Waals surface area contributed by atoms with Crippen LogP contribution in [0.1, 0.15) is 93.5 Å². The summed E-state index contributed by atoms with van der Waals surface area (Å²) in [5.74, 6) is -0.613. The molecule has 1 N–H and O–H groups in total. The summed E-state index contributed by atoms with van der Waals surface area (Å²) in [6.45, 7) is 6.99. The molecule has 2 rings (SSSR count). The van der Waals surface area contributed by atoms with E-state index < -0.39 is 17.7 Å². The number of nitrogens with one attached hydrogen (secondary N) is 1. The average molecular weight is 684 g/mol. The molecule has 2 aromatic rings. The third-order valence-electron chi connectivity index (χ3n) is 7.46. The number of esters is 1. The largest absolute Gasteiger partial charge is 0.460 e. The van der Waals surface area contributed by atoms with Crippen LogP contribution in [0.4, 0.5) is 24.5 Å². The van der Waals surface area contributed by atoms with Crippen LogP contribution in [0.3, 0.4) is 0 Å². The van der Waals surface area contributed by atoms with Crippen LogP contribution in [0.5, 0.6) is 0 Å². The van der Waals surface area contributed by atoms with Gasteiger partial charge in [-0.3, -0.25) is 0 Å². The molecule has 272 valence electrons. The summed E-state index contributed by atoms with van der Waals surface area (Å²) in [7, 11) is 0. The first kappa shape index (κ1) is 41.5. The SMILES string of the molecule is CCCCCCCCCCCCCOCCOCCOCCOCCOCCOC(=O)c1ccccc1Nc1cccc(C(F)(F)F)c1. The number of ether oxygens (including phenoxy) is 6. The first-order valence-electron chi connectivity index (χ1n) is 17.5. The first-order valence-corrected chi connectivity index (χ1v) is 17.5. The quantitative estimate of drug-likeness (QED) is 0.0646. The number of benzene rings is 2. The third kappa shape index (κ3) is 20.6. The lowest BCUT2D eigenvalue weighted by Crippen LogP contribution is -2.15. The van der Waals surface area contributed by atoms with Crippen molar-refractivity contribution in [2.45, 2.75) is 83.7 Å². The Hall–Kier alpha value is -2.70. The molecule has 0 saturated heterocycles. The molecule has 0 aliphatic carbocycles. The number of hydrogen-bond donors (Lipinski definition) is 1. The maximum absolute atomic E-state index is 13.0. The van der Waals surface area contributed by atoms with Gasteiger partial charge < -0.3 is 33.7 Å². The van der Waals surface area contributed by atoms with Crippen molar-refractivity contribution in [3.05, 3.63) is 59.7 Å². The highest BCUT2D eigenvalue weighted by Gasteiger charge is 2.30. The number of hydrogen-bond acceptors (Lipinski definition) is 8. The predicted molar refractivity (Wildman–Crippen MR) is 182 cm³/mol. The minimum absolute atomic E-state index is 0.0181. The molecule has 0 aliphatic rings. The zero-order valence-electron chi connectivity index (χ0n) is 28.7. The molecule has 2 aromatic carbocycles. The Morgan fingerprint density at radius 1 is 0.583 bits per heavy atom. The summed E-state index contributed by atoms with van der Waals surface area (Å²) < 4.78 is 72.0. The fourth-order valence-electron chi connectivity index (χ4n) is 4.82. The van der Waals surface area contributed by atoms with E-state index in [1.165, 1.54) is 82.4 Å². The van der Waals surface area contributed by atoms with Crippen LogP contribution in [0.2, 0.25) is 0 Å². The molecule has 0 atom stereocenters. The molecule has 0 unspecified atom stereocenters. The summed E-state index contributed by atoms with van der Waals surface area (Å²) in [4.78, 5) is 12.6. The molecule has 0 amide bonds. The van der Waals surface area contributed by atoms with Crippen molar-refractivity contribution in [3.8, 4) is 0 Å². The van der Waals surface area contributed by atoms with Gasteiger partial charge >= 0.3 is 12.1 Å². The Labute approximate surface area is 285 Å². The summed E-state index contributed by atoms with van der Waals surface area (Å²) in [6.07, 6.45) is 10.1. The fraction of sp³-hybridized carbons (Fsp3) is 0.649. The lowest BCUT2D eigenvalue weighted by atomic mass is 10.1. The Bertz CT molecular complexity index is 1090. The van der Waals surface area contributed by atoms with Gasteiger partial charge in [-0.05, 0) is 36.8 Å². The molecule has 48 heavy (non-hydrogen) atoms. The van der Waals surface area contributed by atoms with Crippen molar-refractivity contribution in [1.82, 2.24) is 0 Å². The lowest BCUT2D eigenvalue weighted by Gasteiger charge is -2.13. The molecular weight excluding hydrogens is 627 g/mol. The molecule has 11 heteroatoms. The van der Waals surface area contributed by atoms with Gasteiger partial charge in [-0.25, -0.2) is 4.79 Å². The molecule has 0 aliphatic heterocycles. The molecule has 0 heterocycles. The van der Waals surface area contributed by atoms with E-state index in [1.54, 1.807) is 18.2 Å². The molecule has 0 radical (unpaired) electrons. The number of unbranched alkanes of at least 4 members (excludes halogenated alkanes) is 10. The van der Waals surface area contributed by atoms with Crippen LogP contribution < -0.4 is 5.32 Å². The van der Waals surface area contributed by atoms with Gasteiger partial charge in [0.1, 0.15) is 6.61 Å². The van der Waals surface area contributed by atoms with Crippen LogP contribution >= 0.6 is 0 Å². The van der Waals surface area contributed by atoms with Crippen LogP contribution in [0, 0.1) is 0 Å². The maximum atomic E-state index is 13.0. The number of carbonyl (C=O) groups excluding carboxylic acids is 1. The highest BCUT2D eigenvalue weighted by Crippen LogP contribution is 2.32. The zero-order chi connectivity index (χ0) is 34.5. The van der Waals surface area contributed by atoms with E-state index in [0.29, 0.717) is 58.5 Å². The van der Waals surface area contributed by atoms with Gasteiger partial charge in [-0.2, -0.15) is 13.2 Å². The van der Waals surface area contributed by atoms with Crippen molar-refractivity contribution in [2.75, 3.05) is 78.0 Å². The minimum atomic E-state index is -4.47. The van der Waals surface area contributed by atoms with Crippen LogP contribution in [0.25, 0.3) is 0 Å². The number of anilines is 2. The average Bonchev–Trinajstić information content (AvgIpc) is 3.08. The van der Waals surface area contributed by atoms with Gasteiger partial charge in [0.25, 0.3) is 0 Å². The maximum Gasteiger partial charge on any atom is 0.416 e. The summed E-state index contributed by atoms with van der Waals surface area (Å²) in [6, 6.07) is 11.2. The second-order valence-corrected chi connectivity index (χ2v) is 11.5. The van der Waals surface area contributed by atoms with Crippen LogP contribution in [-0.2, 0) is 34.6 Å². The second kappa shape index (κ2) is 27.2. The molecule has 0 bridgehead atoms. The van der Waals surface area contributed by atoms with Crippen molar-refractivity contribution < 1.29 is 46.4 Å². The summed E-state index contributed by atoms with van der Waals surface area (Å²) >= 11 is 0. The lowest BCUT2D eigenvalue weighted by molar-refractivity contribution is -0.137. The smallest absolute Gasteiger partial charge is 0.416 e. The van der Waals surface area contributed by atoms with E-state index in [4.69, 9.17) is 28.4 Å². The van der Waals surface area contributed by atoms with E-state index in [2.05, 4.69) is 12.2 Å². The number of rotatable bonds is 30. The highest BCUT2D eigenvalue weighted by atomic mass is 19.4. The van der Waals surface area contributed by atoms with Gasteiger partial charge in [0.2, 0.25) is 0 Å². The third-order valence-corrected chi connectivity index (χ3v) is 7.46. The standard InChI is InChI=1S/C37H56F3NO7/c1-2-3-4-5-6-7-8-9-10-11-14-20-43-21-22-44-23-24-45-25-26-46-27-28-47-29-30-48-36(42)34-18-12-13-19-35(34)41-33-17-15-16-32(31-33)37(38,39)40/h12-13,15-19,31,41H,2-11,14,20-30H2,1H3. The normalized spacial score (nSPS) is 11.6. The fourth-order valence-corrected chi connectivity index (χ4v) is 4.82. The van der Waals surface area contributed by atoms with Gasteiger partial charge in [0.05, 0.1) is 76.3 Å². The Kier molecular flexibility index (Phi) is 23.5. The van der Waals surface area contributed by atoms with E-state index in [-0.39, 0.29) is 24.5 Å². The van der Waals surface area contributed by atoms with E-state index in [9.17, 15) is 18.0 Å². The Balaban J connectivity index is 1.35. The zero-order valence-corrected chi connectivity index (χ0v) is 28.7. The molecular formula is C37H56F3NO7. The Morgan fingerprint density at radius 3 is 1.60 bits per heavy atom. The van der Waals surface area contributed by atoms with Crippen LogP contribution in [0.15, 0.2) is 48.5 Å². The monoisotopic (exact) mass is 683 g/mol. The number of para-hydroxylation sites is 1. The van der Waals surface area contributed by atoms with E-state index >= 15 is 0 Å². The molecule has 8 nitrogen and oxygen atoms in total. The van der Waals surface area contributed by atoms with Gasteiger partial charge in [0.15, 0.2) is 0 Å². The molecule has 0 saturated carbocycles. The molecule has 0 aromatic heterocycles. The molecule has 0 fully saturated rings.